The van der Waals surface area contributed by atoms with E-state index in [1.165, 1.54) is 6.42 Å². The molecule has 1 fully saturated rings. The van der Waals surface area contributed by atoms with Crippen LogP contribution in [0.25, 0.3) is 0 Å². The predicted molar refractivity (Wildman–Crippen MR) is 72.7 cm³/mol. The Hall–Kier alpha value is -1.46. The Kier molecular flexibility index (Phi) is 4.87. The number of pyridine rings is 1. The first kappa shape index (κ1) is 14.0. The van der Waals surface area contributed by atoms with Gasteiger partial charge in [-0.2, -0.15) is 0 Å². The molecule has 1 atom stereocenters. The van der Waals surface area contributed by atoms with Gasteiger partial charge < -0.3 is 15.3 Å². The second-order valence-electron chi connectivity index (χ2n) is 5.16. The van der Waals surface area contributed by atoms with Crippen molar-refractivity contribution in [3.05, 3.63) is 29.6 Å². The number of aromatic nitrogens is 1. The van der Waals surface area contributed by atoms with Crippen molar-refractivity contribution in [1.82, 2.24) is 15.2 Å². The Balaban J connectivity index is 1.77. The molecule has 0 aromatic carbocycles. The zero-order valence-electron chi connectivity index (χ0n) is 11.3. The van der Waals surface area contributed by atoms with E-state index in [-0.39, 0.29) is 12.5 Å². The standard InChI is InChI=1S/C14H21N3O2/c1-17-7-4-11(9-17)2-5-16-14(19)12-3-6-15-13(8-12)10-18/h3,6,8,11,18H,2,4-5,7,9-10H2,1H3,(H,16,19). The number of hydrogen-bond acceptors (Lipinski definition) is 4. The van der Waals surface area contributed by atoms with Gasteiger partial charge in [0.1, 0.15) is 0 Å². The van der Waals surface area contributed by atoms with Crippen LogP contribution < -0.4 is 5.32 Å². The van der Waals surface area contributed by atoms with Crippen LogP contribution in [0.15, 0.2) is 18.3 Å². The number of nitrogens with zero attached hydrogens (tertiary/aromatic N) is 2. The van der Waals surface area contributed by atoms with Crippen LogP contribution in [0.3, 0.4) is 0 Å². The Bertz CT molecular complexity index is 436. The van der Waals surface area contributed by atoms with Crippen LogP contribution in [-0.4, -0.2) is 47.6 Å². The maximum atomic E-state index is 11.9. The monoisotopic (exact) mass is 263 g/mol. The van der Waals surface area contributed by atoms with E-state index in [0.29, 0.717) is 23.7 Å². The molecule has 1 aliphatic rings. The zero-order valence-corrected chi connectivity index (χ0v) is 11.3. The highest BCUT2D eigenvalue weighted by Gasteiger charge is 2.19. The van der Waals surface area contributed by atoms with Crippen LogP contribution >= 0.6 is 0 Å². The minimum Gasteiger partial charge on any atom is -0.390 e. The molecule has 1 unspecified atom stereocenters. The molecule has 2 rings (SSSR count). The van der Waals surface area contributed by atoms with Crippen molar-refractivity contribution >= 4 is 5.91 Å². The number of carbonyl (C=O) groups is 1. The molecule has 5 nitrogen and oxygen atoms in total. The third-order valence-electron chi connectivity index (χ3n) is 3.57. The van der Waals surface area contributed by atoms with Gasteiger partial charge in [0.05, 0.1) is 12.3 Å². The van der Waals surface area contributed by atoms with E-state index < -0.39 is 0 Å². The first-order chi connectivity index (χ1) is 9.19. The van der Waals surface area contributed by atoms with Gasteiger partial charge in [-0.05, 0) is 44.5 Å². The van der Waals surface area contributed by atoms with E-state index in [9.17, 15) is 4.79 Å². The van der Waals surface area contributed by atoms with Gasteiger partial charge in [0.2, 0.25) is 0 Å². The van der Waals surface area contributed by atoms with Gasteiger partial charge in [0.25, 0.3) is 5.91 Å². The van der Waals surface area contributed by atoms with Crippen molar-refractivity contribution in [2.45, 2.75) is 19.4 Å². The molecule has 0 saturated carbocycles. The third kappa shape index (κ3) is 4.01. The van der Waals surface area contributed by atoms with Gasteiger partial charge in [0.15, 0.2) is 0 Å². The number of amides is 1. The van der Waals surface area contributed by atoms with E-state index in [4.69, 9.17) is 5.11 Å². The molecule has 1 aliphatic heterocycles. The number of aliphatic hydroxyl groups is 1. The summed E-state index contributed by atoms with van der Waals surface area (Å²) >= 11 is 0. The lowest BCUT2D eigenvalue weighted by atomic mass is 10.1. The topological polar surface area (TPSA) is 65.5 Å². The minimum atomic E-state index is -0.143. The molecule has 2 heterocycles. The van der Waals surface area contributed by atoms with E-state index in [1.54, 1.807) is 18.3 Å². The maximum absolute atomic E-state index is 11.9. The summed E-state index contributed by atoms with van der Waals surface area (Å²) in [5.41, 5.74) is 1.08. The molecule has 1 aromatic heterocycles. The van der Waals surface area contributed by atoms with Gasteiger partial charge in [-0.15, -0.1) is 0 Å². The summed E-state index contributed by atoms with van der Waals surface area (Å²) in [6.45, 7) is 2.84. The van der Waals surface area contributed by atoms with Gasteiger partial charge in [-0.1, -0.05) is 0 Å². The van der Waals surface area contributed by atoms with Crippen LogP contribution in [0, 0.1) is 5.92 Å². The number of hydrogen-bond donors (Lipinski definition) is 2. The third-order valence-corrected chi connectivity index (χ3v) is 3.57. The maximum Gasteiger partial charge on any atom is 0.251 e. The van der Waals surface area contributed by atoms with Crippen molar-refractivity contribution in [2.75, 3.05) is 26.7 Å². The highest BCUT2D eigenvalue weighted by atomic mass is 16.3. The van der Waals surface area contributed by atoms with E-state index in [0.717, 1.165) is 19.5 Å². The first-order valence-electron chi connectivity index (χ1n) is 6.71. The molecule has 1 aromatic rings. The van der Waals surface area contributed by atoms with Crippen LogP contribution in [0.1, 0.15) is 28.9 Å². The van der Waals surface area contributed by atoms with E-state index in [1.807, 2.05) is 0 Å². The largest absolute Gasteiger partial charge is 0.390 e. The SMILES string of the molecule is CN1CCC(CCNC(=O)c2ccnc(CO)c2)C1. The molecular weight excluding hydrogens is 242 g/mol. The van der Waals surface area contributed by atoms with Gasteiger partial charge in [0, 0.05) is 24.8 Å². The van der Waals surface area contributed by atoms with Crippen LogP contribution in [-0.2, 0) is 6.61 Å². The summed E-state index contributed by atoms with van der Waals surface area (Å²) in [5, 5.41) is 11.9. The quantitative estimate of drug-likeness (QED) is 0.818. The number of aliphatic hydroxyl groups excluding tert-OH is 1. The molecular formula is C14H21N3O2. The predicted octanol–water partition coefficient (Wildman–Crippen LogP) is 0.645. The van der Waals surface area contributed by atoms with Crippen molar-refractivity contribution in [1.29, 1.82) is 0 Å². The number of carbonyl (C=O) groups excluding carboxylic acids is 1. The van der Waals surface area contributed by atoms with E-state index >= 15 is 0 Å². The average molecular weight is 263 g/mol. The van der Waals surface area contributed by atoms with Crippen molar-refractivity contribution < 1.29 is 9.90 Å². The molecule has 5 heteroatoms. The summed E-state index contributed by atoms with van der Waals surface area (Å²) in [6.07, 6.45) is 3.79. The smallest absolute Gasteiger partial charge is 0.251 e. The molecule has 2 N–H and O–H groups in total. The average Bonchev–Trinajstić information content (AvgIpc) is 2.84. The summed E-state index contributed by atoms with van der Waals surface area (Å²) in [5.74, 6) is 0.596. The van der Waals surface area contributed by atoms with Crippen LogP contribution in [0.4, 0.5) is 0 Å². The van der Waals surface area contributed by atoms with Crippen LogP contribution in [0.2, 0.25) is 0 Å². The Morgan fingerprint density at radius 1 is 1.63 bits per heavy atom. The fraction of sp³-hybridized carbons (Fsp3) is 0.571. The minimum absolute atomic E-state index is 0.0940. The fourth-order valence-electron chi connectivity index (χ4n) is 2.46. The molecule has 1 saturated heterocycles. The number of likely N-dealkylation sites (tertiary alicyclic amines) is 1. The fourth-order valence-corrected chi connectivity index (χ4v) is 2.46. The highest BCUT2D eigenvalue weighted by molar-refractivity contribution is 5.94. The van der Waals surface area contributed by atoms with Gasteiger partial charge in [-0.25, -0.2) is 0 Å². The second-order valence-corrected chi connectivity index (χ2v) is 5.16. The Labute approximate surface area is 113 Å². The molecule has 1 amide bonds. The normalized spacial score (nSPS) is 19.6. The first-order valence-corrected chi connectivity index (χ1v) is 6.71. The molecule has 0 spiro atoms. The molecule has 104 valence electrons. The highest BCUT2D eigenvalue weighted by Crippen LogP contribution is 2.17. The summed E-state index contributed by atoms with van der Waals surface area (Å²) in [7, 11) is 2.13. The molecule has 0 bridgehead atoms. The summed E-state index contributed by atoms with van der Waals surface area (Å²) in [4.78, 5) is 18.2. The van der Waals surface area contributed by atoms with Crippen molar-refractivity contribution in [3.63, 3.8) is 0 Å². The molecule has 0 radical (unpaired) electrons. The zero-order chi connectivity index (χ0) is 13.7. The number of nitrogens with one attached hydrogen (secondary N) is 1. The lowest BCUT2D eigenvalue weighted by molar-refractivity contribution is 0.0951. The lowest BCUT2D eigenvalue weighted by Gasteiger charge is -2.11. The van der Waals surface area contributed by atoms with Gasteiger partial charge >= 0.3 is 0 Å². The van der Waals surface area contributed by atoms with Crippen molar-refractivity contribution in [2.24, 2.45) is 5.92 Å². The summed E-state index contributed by atoms with van der Waals surface area (Å²) < 4.78 is 0. The Morgan fingerprint density at radius 3 is 3.16 bits per heavy atom. The lowest BCUT2D eigenvalue weighted by Crippen LogP contribution is -2.26. The number of rotatable bonds is 5. The van der Waals surface area contributed by atoms with Crippen LogP contribution in [0.5, 0.6) is 0 Å². The second kappa shape index (κ2) is 6.63. The van der Waals surface area contributed by atoms with Crippen molar-refractivity contribution in [3.8, 4) is 0 Å². The summed E-state index contributed by atoms with van der Waals surface area (Å²) in [6, 6.07) is 3.29. The Morgan fingerprint density at radius 2 is 2.47 bits per heavy atom. The van der Waals surface area contributed by atoms with Gasteiger partial charge in [-0.3, -0.25) is 9.78 Å². The molecule has 0 aliphatic carbocycles. The van der Waals surface area contributed by atoms with E-state index in [2.05, 4.69) is 22.2 Å². The molecule has 19 heavy (non-hydrogen) atoms.